The minimum absolute atomic E-state index is 0.625. The minimum Gasteiger partial charge on any atom is -0.417 e. The maximum absolute atomic E-state index is 7.94. The zero-order valence-electron chi connectivity index (χ0n) is 59.2. The van der Waals surface area contributed by atoms with Crippen molar-refractivity contribution >= 4 is 76.3 Å². The van der Waals surface area contributed by atoms with Crippen molar-refractivity contribution < 1.29 is 62.0 Å². The fourth-order valence-corrected chi connectivity index (χ4v) is 44.0. The van der Waals surface area contributed by atoms with Crippen LogP contribution in [0.5, 0.6) is 0 Å². The molecule has 14 nitrogen and oxygen atoms in total. The van der Waals surface area contributed by atoms with Gasteiger partial charge in [-0.1, -0.05) is 204 Å². The predicted octanol–water partition coefficient (Wildman–Crippen LogP) is 19.5. The van der Waals surface area contributed by atoms with E-state index in [0.717, 1.165) is 81.0 Å². The van der Waals surface area contributed by atoms with Gasteiger partial charge in [0.05, 0.1) is 13.2 Å². The van der Waals surface area contributed by atoms with Crippen molar-refractivity contribution in [1.29, 1.82) is 0 Å². The van der Waals surface area contributed by atoms with E-state index in [1.54, 1.807) is 64.0 Å². The topological polar surface area (TPSA) is 129 Å². The van der Waals surface area contributed by atoms with Gasteiger partial charge in [-0.25, -0.2) is 9.78 Å². The Hall–Kier alpha value is 1.39. The molecule has 0 rings (SSSR count). The quantitative estimate of drug-likeness (QED) is 0.0248. The van der Waals surface area contributed by atoms with Crippen LogP contribution in [0.3, 0.4) is 0 Å². The van der Waals surface area contributed by atoms with Gasteiger partial charge in [-0.3, -0.25) is 0 Å². The molecule has 0 fully saturated rings. The van der Waals surface area contributed by atoms with Crippen LogP contribution in [0.15, 0.2) is 0 Å². The first-order valence-corrected chi connectivity index (χ1v) is 58.0. The Morgan fingerprint density at radius 2 is 0.417 bits per heavy atom. The highest BCUT2D eigenvalue weighted by atomic mass is 28.5. The molecule has 0 aliphatic heterocycles. The SMILES string of the molecule is CCOOCCCCCCCCCCC[Si](C)(C)CC[Si](C)(C)CCC[Si](O[Si](C)(C)CCCCCCCC[Si](OC)(OC)OC)(O[Si](C)(C)CCCCCCCC[Si](OC)(OC)OC)O[Si](C)(C)CCCCCCCC[Si](OC)(OC)OC. The minimum atomic E-state index is -3.14. The Kier molecular flexibility index (Phi) is 49.0. The zero-order chi connectivity index (χ0) is 63.4. The van der Waals surface area contributed by atoms with E-state index < -0.39 is 76.3 Å². The Labute approximate surface area is 530 Å². The third kappa shape index (κ3) is 41.8. The van der Waals surface area contributed by atoms with E-state index in [-0.39, 0.29) is 0 Å². The maximum Gasteiger partial charge on any atom is 0.500 e. The van der Waals surface area contributed by atoms with Crippen molar-refractivity contribution in [2.75, 3.05) is 77.2 Å². The lowest BCUT2D eigenvalue weighted by molar-refractivity contribution is -0.291. The summed E-state index contributed by atoms with van der Waals surface area (Å²) in [5, 5.41) is 0. The smallest absolute Gasteiger partial charge is 0.417 e. The second-order valence-electron chi connectivity index (χ2n) is 27.9. The van der Waals surface area contributed by atoms with Gasteiger partial charge in [0.2, 0.25) is 0 Å². The van der Waals surface area contributed by atoms with E-state index in [1.165, 1.54) is 172 Å². The standard InChI is InChI=1S/C61H142O14Si9/c1-21-71-72-50-41-33-25-23-22-24-26-34-42-51-76(11,12)60-61-77(13,14)52-49-59-84(73-78(15,16)53-43-35-27-30-38-46-56-81(62-2,63-3)64-4,74-79(17,18)54-44-36-28-31-39-47-57-82(65-5,66-6)67-7)75-80(19,20)55-45-37-29-32-40-48-58-83(68-8,69-9)70-10/h21-61H2,1-20H3. The summed E-state index contributed by atoms with van der Waals surface area (Å²) in [5.74, 6) is 0. The number of hydrogen-bond acceptors (Lipinski definition) is 14. The van der Waals surface area contributed by atoms with E-state index in [4.69, 9.17) is 62.0 Å². The molecule has 0 aliphatic rings. The molecule has 0 bridgehead atoms. The normalized spacial score (nSPS) is 13.7. The molecular formula is C61H142O14Si9. The highest BCUT2D eigenvalue weighted by molar-refractivity contribution is 6.91. The first kappa shape index (κ1) is 85.4. The van der Waals surface area contributed by atoms with Gasteiger partial charge in [0.1, 0.15) is 0 Å². The molecule has 84 heavy (non-hydrogen) atoms. The summed E-state index contributed by atoms with van der Waals surface area (Å²) in [4.78, 5) is 10.2. The number of hydrogen-bond donors (Lipinski definition) is 0. The Morgan fingerprint density at radius 1 is 0.202 bits per heavy atom. The van der Waals surface area contributed by atoms with E-state index in [1.807, 2.05) is 6.92 Å². The molecule has 506 valence electrons. The monoisotopic (exact) mass is 1350 g/mol. The van der Waals surface area contributed by atoms with Crippen LogP contribution in [0, 0.1) is 0 Å². The Morgan fingerprint density at radius 3 is 0.679 bits per heavy atom. The van der Waals surface area contributed by atoms with Gasteiger partial charge >= 0.3 is 35.2 Å². The molecule has 0 atom stereocenters. The number of rotatable bonds is 63. The average Bonchev–Trinajstić information content (AvgIpc) is 3.56. The molecule has 0 heterocycles. The van der Waals surface area contributed by atoms with Crippen molar-refractivity contribution in [2.24, 2.45) is 0 Å². The third-order valence-corrected chi connectivity index (χ3v) is 49.3. The van der Waals surface area contributed by atoms with Gasteiger partial charge in [0, 0.05) is 104 Å². The molecule has 23 heteroatoms. The molecule has 0 saturated heterocycles. The average molecular weight is 1350 g/mol. The second kappa shape index (κ2) is 48.2. The molecule has 0 amide bonds. The summed E-state index contributed by atoms with van der Waals surface area (Å²) in [6, 6.07) is 12.7. The molecule has 0 saturated carbocycles. The van der Waals surface area contributed by atoms with Gasteiger partial charge in [0.25, 0.3) is 0 Å². The fraction of sp³-hybridized carbons (Fsp3) is 1.00. The largest absolute Gasteiger partial charge is 0.500 e. The highest BCUT2D eigenvalue weighted by Gasteiger charge is 2.52. The van der Waals surface area contributed by atoms with Gasteiger partial charge in [-0.2, -0.15) is 0 Å². The summed E-state index contributed by atoms with van der Waals surface area (Å²) in [7, 11) is -4.64. The van der Waals surface area contributed by atoms with Crippen molar-refractivity contribution in [3.05, 3.63) is 0 Å². The van der Waals surface area contributed by atoms with Crippen molar-refractivity contribution in [2.45, 2.75) is 319 Å². The molecule has 0 aromatic rings. The van der Waals surface area contributed by atoms with Gasteiger partial charge in [0.15, 0.2) is 25.0 Å². The van der Waals surface area contributed by atoms with Crippen LogP contribution in [-0.2, 0) is 62.0 Å². The molecule has 0 aromatic heterocycles. The third-order valence-electron chi connectivity index (χ3n) is 17.7. The Balaban J connectivity index is 6.31. The summed E-state index contributed by atoms with van der Waals surface area (Å²) >= 11 is 0. The molecule has 0 N–H and O–H groups in total. The molecular weight excluding hydrogens is 1210 g/mol. The first-order chi connectivity index (χ1) is 39.8. The van der Waals surface area contributed by atoms with E-state index in [9.17, 15) is 0 Å². The van der Waals surface area contributed by atoms with Crippen LogP contribution in [0.4, 0.5) is 0 Å². The summed E-state index contributed by atoms with van der Waals surface area (Å²) in [5.41, 5.74) is 0. The molecule has 0 aromatic carbocycles. The molecule has 0 aliphatic carbocycles. The fourth-order valence-electron chi connectivity index (χ4n) is 12.0. The van der Waals surface area contributed by atoms with Gasteiger partial charge in [-0.15, -0.1) is 0 Å². The van der Waals surface area contributed by atoms with Crippen LogP contribution >= 0.6 is 0 Å². The van der Waals surface area contributed by atoms with Crippen molar-refractivity contribution in [3.63, 3.8) is 0 Å². The highest BCUT2D eigenvalue weighted by Crippen LogP contribution is 2.38. The summed E-state index contributed by atoms with van der Waals surface area (Å²) in [6.07, 6.45) is 34.5. The van der Waals surface area contributed by atoms with Crippen LogP contribution in [0.1, 0.15) is 187 Å². The van der Waals surface area contributed by atoms with Crippen molar-refractivity contribution in [3.8, 4) is 0 Å². The lowest BCUT2D eigenvalue weighted by Crippen LogP contribution is -2.62. The van der Waals surface area contributed by atoms with Crippen LogP contribution in [0.25, 0.3) is 0 Å². The maximum atomic E-state index is 7.94. The van der Waals surface area contributed by atoms with E-state index in [0.29, 0.717) is 6.61 Å². The van der Waals surface area contributed by atoms with Gasteiger partial charge < -0.3 is 52.2 Å². The van der Waals surface area contributed by atoms with Crippen LogP contribution in [0.2, 0.25) is 132 Å². The second-order valence-corrected chi connectivity index (χ2v) is 64.2. The zero-order valence-corrected chi connectivity index (χ0v) is 68.2. The molecule has 0 spiro atoms. The van der Waals surface area contributed by atoms with E-state index in [2.05, 4.69) is 65.5 Å². The predicted molar refractivity (Wildman–Crippen MR) is 376 cm³/mol. The van der Waals surface area contributed by atoms with E-state index >= 15 is 0 Å². The molecule has 0 unspecified atom stereocenters. The van der Waals surface area contributed by atoms with Crippen molar-refractivity contribution in [1.82, 2.24) is 0 Å². The Bertz CT molecular complexity index is 1380. The molecule has 0 radical (unpaired) electrons. The lowest BCUT2D eigenvalue weighted by Gasteiger charge is -2.45. The number of unbranched alkanes of at least 4 members (excludes halogenated alkanes) is 23. The first-order valence-electron chi connectivity index (χ1n) is 34.1. The van der Waals surface area contributed by atoms with Crippen LogP contribution in [-0.4, -0.2) is 154 Å². The summed E-state index contributed by atoms with van der Waals surface area (Å²) < 4.78 is 75.0. The van der Waals surface area contributed by atoms with Crippen LogP contribution < -0.4 is 0 Å². The lowest BCUT2D eigenvalue weighted by atomic mass is 10.1. The summed E-state index contributed by atoms with van der Waals surface area (Å²) in [6.45, 7) is 29.0. The van der Waals surface area contributed by atoms with Gasteiger partial charge in [-0.05, 0) is 90.0 Å².